The fourth-order valence-electron chi connectivity index (χ4n) is 3.31. The molecule has 0 saturated carbocycles. The molecule has 34 heavy (non-hydrogen) atoms. The fourth-order valence-corrected chi connectivity index (χ4v) is 3.70. The Morgan fingerprint density at radius 3 is 2.29 bits per heavy atom. The Kier molecular flexibility index (Phi) is 10.7. The van der Waals surface area contributed by atoms with Gasteiger partial charge < -0.3 is 27.9 Å². The molecule has 5 N–H and O–H groups in total. The van der Waals surface area contributed by atoms with Gasteiger partial charge in [-0.05, 0) is 18.4 Å². The topological polar surface area (TPSA) is 129 Å². The van der Waals surface area contributed by atoms with E-state index >= 15 is 0 Å². The first-order valence-electron chi connectivity index (χ1n) is 8.68. The molecule has 14 heteroatoms. The average Bonchev–Trinajstić information content (AvgIpc) is 2.65. The van der Waals surface area contributed by atoms with E-state index in [1.165, 1.54) is 19.2 Å². The summed E-state index contributed by atoms with van der Waals surface area (Å²) in [5.74, 6) is -2.55. The summed E-state index contributed by atoms with van der Waals surface area (Å²) in [5, 5.41) is 20.3. The molecule has 0 bridgehead atoms. The van der Waals surface area contributed by atoms with E-state index in [2.05, 4.69) is 16.9 Å². The van der Waals surface area contributed by atoms with Crippen LogP contribution in [0.15, 0.2) is 23.1 Å². The van der Waals surface area contributed by atoms with Crippen LogP contribution in [-0.2, 0) is 64.8 Å². The quantitative estimate of drug-likeness (QED) is 0.235. The molecule has 0 fully saturated rings. The number of primary amides is 1. The maximum atomic E-state index is 13.5. The number of benzene rings is 1. The van der Waals surface area contributed by atoms with Gasteiger partial charge in [-0.3, -0.25) is 14.6 Å². The van der Waals surface area contributed by atoms with Crippen molar-refractivity contribution in [3.63, 3.8) is 0 Å². The number of alkyl halides is 3. The largest absolute Gasteiger partial charge is 1.00 e. The van der Waals surface area contributed by atoms with E-state index in [0.717, 1.165) is 6.07 Å². The van der Waals surface area contributed by atoms with Gasteiger partial charge in [-0.25, -0.2) is 0 Å². The number of nitrogens with zero attached hydrogens (tertiary/aromatic N) is 1. The minimum Gasteiger partial charge on any atom is -0.507 e. The second-order valence-corrected chi connectivity index (χ2v) is 7.59. The first-order valence-corrected chi connectivity index (χ1v) is 9.06. The fraction of sp³-hybridized carbons (Fsp3) is 0.200. The molecule has 0 aliphatic rings. The number of phenolic OH excluding ortho intramolecular Hbond substituents is 2. The van der Waals surface area contributed by atoms with E-state index < -0.39 is 45.0 Å². The maximum Gasteiger partial charge on any atom is 1.00 e. The number of carbonyl (C=O) groups is 1. The number of hydrogen-bond acceptors (Lipinski definition) is 5. The van der Waals surface area contributed by atoms with Gasteiger partial charge in [-0.1, -0.05) is 18.5 Å². The van der Waals surface area contributed by atoms with Crippen LogP contribution in [0, 0.1) is 13.8 Å². The van der Waals surface area contributed by atoms with Crippen molar-refractivity contribution in [1.29, 1.82) is 0 Å². The number of fused-ring (bicyclic) bond motifs is 1. The molecule has 2 heterocycles. The Bertz CT molecular complexity index is 1290. The molecule has 7 nitrogen and oxygen atoms in total. The summed E-state index contributed by atoms with van der Waals surface area (Å²) in [5.41, 5.74) is 0.340. The molecule has 1 amide bonds. The number of carbonyl (C=O) groups excluding carboxylic acids is 1. The molecule has 1 radical (unpaired) electrons. The Labute approximate surface area is 235 Å². The third-order valence-electron chi connectivity index (χ3n) is 5.05. The molecule has 187 valence electrons. The maximum absolute atomic E-state index is 13.5. The number of hydrogen-bond donors (Lipinski definition) is 4. The molecule has 1 unspecified atom stereocenters. The first kappa shape index (κ1) is 32.6. The summed E-state index contributed by atoms with van der Waals surface area (Å²) < 4.78 is 40.5. The predicted octanol–water partition coefficient (Wildman–Crippen LogP) is 3.71. The van der Waals surface area contributed by atoms with Crippen LogP contribution in [0.2, 0.25) is 5.02 Å². The Hall–Kier alpha value is -1.36. The van der Waals surface area contributed by atoms with Gasteiger partial charge in [0.15, 0.2) is 5.43 Å². The number of aromatic amines is 1. The Morgan fingerprint density at radius 1 is 1.24 bits per heavy atom. The van der Waals surface area contributed by atoms with Gasteiger partial charge in [0.1, 0.15) is 17.2 Å². The van der Waals surface area contributed by atoms with E-state index in [4.69, 9.17) is 17.3 Å². The van der Waals surface area contributed by atoms with Gasteiger partial charge in [0.25, 0.3) is 5.91 Å². The van der Waals surface area contributed by atoms with Crippen molar-refractivity contribution >= 4 is 28.4 Å². The van der Waals surface area contributed by atoms with Crippen molar-refractivity contribution < 1.29 is 87.6 Å². The second kappa shape index (κ2) is 11.1. The summed E-state index contributed by atoms with van der Waals surface area (Å²) >= 11 is 6.03. The van der Waals surface area contributed by atoms with Crippen molar-refractivity contribution in [2.75, 3.05) is 0 Å². The third kappa shape index (κ3) is 5.24. The van der Waals surface area contributed by atoms with Gasteiger partial charge in [0.2, 0.25) is 0 Å². The number of nitrogens with one attached hydrogen (secondary N) is 1. The normalized spacial score (nSPS) is 12.7. The van der Waals surface area contributed by atoms with Crippen LogP contribution in [0.1, 0.15) is 28.5 Å². The van der Waals surface area contributed by atoms with Crippen LogP contribution in [0.25, 0.3) is 22.2 Å². The van der Waals surface area contributed by atoms with E-state index in [-0.39, 0.29) is 92.8 Å². The number of nitrogens with two attached hydrogens (primary N) is 1. The summed E-state index contributed by atoms with van der Waals surface area (Å²) in [4.78, 5) is 30.8. The number of aromatic hydroxyl groups is 2. The van der Waals surface area contributed by atoms with Crippen LogP contribution in [0.4, 0.5) is 13.2 Å². The van der Waals surface area contributed by atoms with Crippen molar-refractivity contribution in [3.8, 4) is 22.8 Å². The minimum absolute atomic E-state index is 0. The minimum atomic E-state index is -4.88. The van der Waals surface area contributed by atoms with Crippen molar-refractivity contribution in [1.82, 2.24) is 9.97 Å². The summed E-state index contributed by atoms with van der Waals surface area (Å²) in [6, 6.07) is 2.35. The molecule has 2 aromatic heterocycles. The number of rotatable bonds is 3. The van der Waals surface area contributed by atoms with Crippen molar-refractivity contribution in [2.24, 2.45) is 5.73 Å². The van der Waals surface area contributed by atoms with E-state index in [1.807, 2.05) is 0 Å². The smallest absolute Gasteiger partial charge is 0.507 e. The number of amides is 1. The zero-order valence-corrected chi connectivity index (χ0v) is 25.6. The molecule has 0 spiro atoms. The van der Waals surface area contributed by atoms with E-state index in [0.29, 0.717) is 6.92 Å². The Morgan fingerprint density at radius 2 is 1.79 bits per heavy atom. The van der Waals surface area contributed by atoms with Gasteiger partial charge >= 0.3 is 26.0 Å². The molecule has 3 aromatic rings. The zero-order valence-electron chi connectivity index (χ0n) is 17.2. The molecule has 0 saturated heterocycles. The SMILES string of the molecule is [CH2-]C(C)(c1c(O)c(C)c(-c2cc(=O)c3c(C(N)=O)nccc3[nH]2)c(O)c1Cl)C(F)(F)F.[Os+].[Os].[Os]. The number of pyridine rings is 2. The van der Waals surface area contributed by atoms with Gasteiger partial charge in [0.05, 0.1) is 21.6 Å². The standard InChI is InChI=1S/C20H16ClF3N3O4.3Os/c1-7-11(17(30)14(21)13(16(7)29)19(2,3)20(22,23)24)9-6-10(28)12-8(27-9)4-5-26-15(12)18(25)31;;;/h4-6,29-30H,2H2,1,3H3,(H2,25,31)(H,27,28);;;/q-1;;;+1. The van der Waals surface area contributed by atoms with Crippen LogP contribution in [0.3, 0.4) is 0 Å². The predicted molar refractivity (Wildman–Crippen MR) is 108 cm³/mol. The number of H-pyrrole nitrogens is 1. The molecule has 0 aliphatic heterocycles. The summed E-state index contributed by atoms with van der Waals surface area (Å²) in [7, 11) is 0. The van der Waals surface area contributed by atoms with Gasteiger partial charge in [0, 0.05) is 68.5 Å². The first-order chi connectivity index (χ1) is 14.2. The Balaban J connectivity index is 0.00000363. The average molecular weight is 1030 g/mol. The number of halogens is 4. The second-order valence-electron chi connectivity index (χ2n) is 7.21. The van der Waals surface area contributed by atoms with E-state index in [1.54, 1.807) is 0 Å². The van der Waals surface area contributed by atoms with Crippen LogP contribution >= 0.6 is 11.6 Å². The molecule has 1 aromatic carbocycles. The zero-order chi connectivity index (χ0) is 23.5. The van der Waals surface area contributed by atoms with Crippen molar-refractivity contribution in [3.05, 3.63) is 57.3 Å². The molecular formula is C20H16ClF3N3O4Os3. The van der Waals surface area contributed by atoms with Gasteiger partial charge in [-0.15, -0.1) is 0 Å². The van der Waals surface area contributed by atoms with Crippen LogP contribution < -0.4 is 11.2 Å². The summed E-state index contributed by atoms with van der Waals surface area (Å²) in [6.07, 6.45) is -3.66. The number of aromatic nitrogens is 2. The van der Waals surface area contributed by atoms with Crippen LogP contribution in [-0.4, -0.2) is 32.3 Å². The molecule has 0 aliphatic carbocycles. The van der Waals surface area contributed by atoms with Crippen LogP contribution in [0.5, 0.6) is 11.5 Å². The number of phenols is 2. The summed E-state index contributed by atoms with van der Waals surface area (Å²) in [6.45, 7) is 5.07. The monoisotopic (exact) mass is 1030 g/mol. The van der Waals surface area contributed by atoms with E-state index in [9.17, 15) is 33.0 Å². The van der Waals surface area contributed by atoms with Crippen molar-refractivity contribution in [2.45, 2.75) is 25.4 Å². The third-order valence-corrected chi connectivity index (χ3v) is 5.42. The molecule has 3 rings (SSSR count). The van der Waals surface area contributed by atoms with Gasteiger partial charge in [-0.2, -0.15) is 13.2 Å². The molecule has 1 atom stereocenters. The molecular weight excluding hydrogens is 1010 g/mol.